The highest BCUT2D eigenvalue weighted by Gasteiger charge is 2.07. The molecule has 10 nitrogen and oxygen atoms in total. The van der Waals surface area contributed by atoms with Crippen LogP contribution in [0.15, 0.2) is 60.2 Å². The summed E-state index contributed by atoms with van der Waals surface area (Å²) in [6, 6.07) is 10.3. The molecule has 0 fully saturated rings. The fourth-order valence-corrected chi connectivity index (χ4v) is 3.34. The Hall–Kier alpha value is -3.22. The van der Waals surface area contributed by atoms with E-state index in [2.05, 4.69) is 72.3 Å². The maximum atomic E-state index is 4.69. The highest BCUT2D eigenvalue weighted by molar-refractivity contribution is 14.0. The Morgan fingerprint density at radius 1 is 1.06 bits per heavy atom. The number of aliphatic imine (C=N–C) groups is 1. The van der Waals surface area contributed by atoms with Gasteiger partial charge in [0.05, 0.1) is 17.3 Å². The minimum Gasteiger partial charge on any atom is -0.368 e. The first kappa shape index (κ1) is 24.4. The molecule has 174 valence electrons. The summed E-state index contributed by atoms with van der Waals surface area (Å²) in [5, 5.41) is 19.4. The van der Waals surface area contributed by atoms with Gasteiger partial charge >= 0.3 is 0 Å². The number of aromatic nitrogens is 6. The first-order valence-corrected chi connectivity index (χ1v) is 10.7. The predicted octanol–water partition coefficient (Wildman–Crippen LogP) is 2.38. The van der Waals surface area contributed by atoms with Gasteiger partial charge < -0.3 is 16.0 Å². The normalized spacial score (nSPS) is 11.3. The molecule has 4 rings (SSSR count). The molecule has 3 aromatic heterocycles. The second-order valence-electron chi connectivity index (χ2n) is 7.21. The lowest BCUT2D eigenvalue weighted by Crippen LogP contribution is -2.39. The van der Waals surface area contributed by atoms with E-state index in [1.54, 1.807) is 23.4 Å². The van der Waals surface area contributed by atoms with E-state index < -0.39 is 0 Å². The first-order chi connectivity index (χ1) is 15.7. The number of nitrogens with one attached hydrogen (secondary N) is 3. The van der Waals surface area contributed by atoms with Gasteiger partial charge in [-0.15, -0.1) is 24.0 Å². The number of aryl methyl sites for hydroxylation is 1. The number of hydrogen-bond acceptors (Lipinski definition) is 6. The molecule has 33 heavy (non-hydrogen) atoms. The molecule has 3 heterocycles. The van der Waals surface area contributed by atoms with Gasteiger partial charge in [0.25, 0.3) is 0 Å². The van der Waals surface area contributed by atoms with Crippen LogP contribution in [0.5, 0.6) is 0 Å². The molecule has 0 radical (unpaired) electrons. The lowest BCUT2D eigenvalue weighted by molar-refractivity contribution is 0.785. The minimum absolute atomic E-state index is 0. The average molecular weight is 560 g/mol. The van der Waals surface area contributed by atoms with Gasteiger partial charge in [0, 0.05) is 45.6 Å². The van der Waals surface area contributed by atoms with Crippen LogP contribution in [0, 0.1) is 0 Å². The molecule has 0 atom stereocenters. The van der Waals surface area contributed by atoms with Crippen LogP contribution in [0.2, 0.25) is 0 Å². The molecule has 0 aliphatic heterocycles. The van der Waals surface area contributed by atoms with Crippen molar-refractivity contribution < 1.29 is 0 Å². The largest absolute Gasteiger partial charge is 0.368 e. The second kappa shape index (κ2) is 12.1. The predicted molar refractivity (Wildman–Crippen MR) is 141 cm³/mol. The van der Waals surface area contributed by atoms with E-state index in [-0.39, 0.29) is 24.0 Å². The highest BCUT2D eigenvalue weighted by atomic mass is 127. The van der Waals surface area contributed by atoms with Crippen LogP contribution < -0.4 is 16.0 Å². The lowest BCUT2D eigenvalue weighted by atomic mass is 10.1. The molecular weight excluding hydrogens is 531 g/mol. The molecule has 0 aliphatic rings. The van der Waals surface area contributed by atoms with E-state index in [9.17, 15) is 0 Å². The molecular formula is C22H29IN10. The number of guanidine groups is 1. The fourth-order valence-electron chi connectivity index (χ4n) is 3.34. The Morgan fingerprint density at radius 3 is 2.67 bits per heavy atom. The third-order valence-corrected chi connectivity index (χ3v) is 4.96. The third kappa shape index (κ3) is 6.40. The summed E-state index contributed by atoms with van der Waals surface area (Å²) >= 11 is 0. The smallest absolute Gasteiger partial charge is 0.191 e. The van der Waals surface area contributed by atoms with Crippen molar-refractivity contribution in [3.05, 3.63) is 60.8 Å². The standard InChI is InChI=1S/C22H28N10.HI/c1-3-23-22(25-11-9-17-5-7-18(8-6-17)32-14-4-10-29-32)26-13-12-24-20-19-15-30-31(2)21(19)28-16-27-20;/h4-8,10,14-16H,3,9,11-13H2,1-2H3,(H2,23,25,26)(H,24,27,28);1H. The molecule has 0 unspecified atom stereocenters. The lowest BCUT2D eigenvalue weighted by Gasteiger charge is -2.12. The SMILES string of the molecule is CCNC(=NCCc1ccc(-n2cccn2)cc1)NCCNc1ncnc2c1cnn2C.I. The van der Waals surface area contributed by atoms with Crippen molar-refractivity contribution in [3.63, 3.8) is 0 Å². The molecule has 0 aliphatic carbocycles. The number of nitrogens with zero attached hydrogens (tertiary/aromatic N) is 7. The van der Waals surface area contributed by atoms with E-state index in [0.29, 0.717) is 19.6 Å². The van der Waals surface area contributed by atoms with Crippen molar-refractivity contribution >= 4 is 46.8 Å². The summed E-state index contributed by atoms with van der Waals surface area (Å²) in [4.78, 5) is 13.3. The van der Waals surface area contributed by atoms with Crippen molar-refractivity contribution in [3.8, 4) is 5.69 Å². The summed E-state index contributed by atoms with van der Waals surface area (Å²) in [5.41, 5.74) is 3.10. The Bertz CT molecular complexity index is 1150. The van der Waals surface area contributed by atoms with E-state index in [4.69, 9.17) is 0 Å². The maximum Gasteiger partial charge on any atom is 0.191 e. The molecule has 3 N–H and O–H groups in total. The molecule has 0 saturated carbocycles. The Balaban J connectivity index is 0.00000306. The van der Waals surface area contributed by atoms with Gasteiger partial charge in [-0.25, -0.2) is 14.6 Å². The van der Waals surface area contributed by atoms with Crippen molar-refractivity contribution in [2.24, 2.45) is 12.0 Å². The Morgan fingerprint density at radius 2 is 1.91 bits per heavy atom. The molecule has 11 heteroatoms. The van der Waals surface area contributed by atoms with Gasteiger partial charge in [-0.05, 0) is 37.1 Å². The van der Waals surface area contributed by atoms with E-state index in [1.807, 2.05) is 24.0 Å². The van der Waals surface area contributed by atoms with Crippen LogP contribution in [-0.2, 0) is 13.5 Å². The van der Waals surface area contributed by atoms with E-state index in [0.717, 1.165) is 41.5 Å². The minimum atomic E-state index is 0. The molecule has 0 bridgehead atoms. The van der Waals surface area contributed by atoms with Gasteiger partial charge in [-0.3, -0.25) is 9.67 Å². The Kier molecular flexibility index (Phi) is 8.98. The van der Waals surface area contributed by atoms with Crippen LogP contribution >= 0.6 is 24.0 Å². The zero-order chi connectivity index (χ0) is 22.2. The Labute approximate surface area is 209 Å². The zero-order valence-corrected chi connectivity index (χ0v) is 21.1. The monoisotopic (exact) mass is 560 g/mol. The summed E-state index contributed by atoms with van der Waals surface area (Å²) < 4.78 is 3.59. The van der Waals surface area contributed by atoms with E-state index in [1.165, 1.54) is 5.56 Å². The highest BCUT2D eigenvalue weighted by Crippen LogP contribution is 2.17. The quantitative estimate of drug-likeness (QED) is 0.125. The summed E-state index contributed by atoms with van der Waals surface area (Å²) in [6.45, 7) is 4.96. The summed E-state index contributed by atoms with van der Waals surface area (Å²) in [7, 11) is 1.87. The first-order valence-electron chi connectivity index (χ1n) is 10.7. The number of halogens is 1. The number of benzene rings is 1. The van der Waals surface area contributed by atoms with Gasteiger partial charge in [0.15, 0.2) is 11.6 Å². The van der Waals surface area contributed by atoms with Crippen molar-refractivity contribution in [1.29, 1.82) is 0 Å². The van der Waals surface area contributed by atoms with Crippen LogP contribution in [0.1, 0.15) is 12.5 Å². The fraction of sp³-hybridized carbons (Fsp3) is 0.318. The molecule has 1 aromatic carbocycles. The topological polar surface area (TPSA) is 110 Å². The summed E-state index contributed by atoms with van der Waals surface area (Å²) in [5.74, 6) is 1.59. The second-order valence-corrected chi connectivity index (χ2v) is 7.21. The van der Waals surface area contributed by atoms with Gasteiger partial charge in [0.1, 0.15) is 12.1 Å². The van der Waals surface area contributed by atoms with Crippen molar-refractivity contribution in [2.45, 2.75) is 13.3 Å². The number of rotatable bonds is 9. The summed E-state index contributed by atoms with van der Waals surface area (Å²) in [6.07, 6.45) is 7.91. The molecule has 0 saturated heterocycles. The average Bonchev–Trinajstić information content (AvgIpc) is 3.48. The van der Waals surface area contributed by atoms with Crippen molar-refractivity contribution in [2.75, 3.05) is 31.5 Å². The maximum absolute atomic E-state index is 4.69. The van der Waals surface area contributed by atoms with Crippen LogP contribution in [-0.4, -0.2) is 61.7 Å². The number of fused-ring (bicyclic) bond motifs is 1. The van der Waals surface area contributed by atoms with Crippen LogP contribution in [0.4, 0.5) is 5.82 Å². The van der Waals surface area contributed by atoms with Gasteiger partial charge in [-0.2, -0.15) is 10.2 Å². The molecule has 4 aromatic rings. The van der Waals surface area contributed by atoms with Crippen LogP contribution in [0.25, 0.3) is 16.7 Å². The van der Waals surface area contributed by atoms with E-state index >= 15 is 0 Å². The van der Waals surface area contributed by atoms with Gasteiger partial charge in [0.2, 0.25) is 0 Å². The zero-order valence-electron chi connectivity index (χ0n) is 18.8. The number of anilines is 1. The van der Waals surface area contributed by atoms with Gasteiger partial charge in [-0.1, -0.05) is 12.1 Å². The number of hydrogen-bond donors (Lipinski definition) is 3. The van der Waals surface area contributed by atoms with Crippen molar-refractivity contribution in [1.82, 2.24) is 40.2 Å². The molecule has 0 spiro atoms. The van der Waals surface area contributed by atoms with Crippen LogP contribution in [0.3, 0.4) is 0 Å². The molecule has 0 amide bonds. The third-order valence-electron chi connectivity index (χ3n) is 4.96.